The fourth-order valence-electron chi connectivity index (χ4n) is 1.61. The van der Waals surface area contributed by atoms with Crippen molar-refractivity contribution in [2.75, 3.05) is 12.4 Å². The van der Waals surface area contributed by atoms with Crippen LogP contribution in [0.4, 0.5) is 0 Å². The third-order valence-corrected chi connectivity index (χ3v) is 5.19. The number of ether oxygens (including phenoxy) is 1. The van der Waals surface area contributed by atoms with Crippen molar-refractivity contribution < 1.29 is 18.4 Å². The van der Waals surface area contributed by atoms with Crippen LogP contribution in [0.25, 0.3) is 0 Å². The standard InChI is InChI=1S/C14H21NO4S/c1-10(2)20(17,18)8-7-19-14-6-5-11(3)9-13(14)12(4)15-16/h5-6,9-10,16H,7-8H2,1-4H3/b15-12+. The van der Waals surface area contributed by atoms with Crippen LogP contribution < -0.4 is 4.74 Å². The summed E-state index contributed by atoms with van der Waals surface area (Å²) in [5, 5.41) is 11.6. The van der Waals surface area contributed by atoms with Gasteiger partial charge in [-0.2, -0.15) is 0 Å². The van der Waals surface area contributed by atoms with Crippen LogP contribution in [0.3, 0.4) is 0 Å². The third kappa shape index (κ3) is 4.23. The first kappa shape index (κ1) is 16.5. The minimum Gasteiger partial charge on any atom is -0.492 e. The zero-order valence-corrected chi connectivity index (χ0v) is 13.1. The van der Waals surface area contributed by atoms with Crippen molar-refractivity contribution in [3.8, 4) is 5.75 Å². The van der Waals surface area contributed by atoms with E-state index in [1.165, 1.54) is 0 Å². The topological polar surface area (TPSA) is 76.0 Å². The molecule has 20 heavy (non-hydrogen) atoms. The van der Waals surface area contributed by atoms with Gasteiger partial charge in [-0.1, -0.05) is 16.8 Å². The summed E-state index contributed by atoms with van der Waals surface area (Å²) in [5.41, 5.74) is 2.09. The summed E-state index contributed by atoms with van der Waals surface area (Å²) in [6.07, 6.45) is 0. The fourth-order valence-corrected chi connectivity index (χ4v) is 2.40. The molecule has 0 amide bonds. The molecule has 0 saturated heterocycles. The van der Waals surface area contributed by atoms with Gasteiger partial charge in [0.2, 0.25) is 0 Å². The van der Waals surface area contributed by atoms with E-state index in [0.29, 0.717) is 17.0 Å². The molecule has 0 fully saturated rings. The van der Waals surface area contributed by atoms with E-state index in [9.17, 15) is 8.42 Å². The lowest BCUT2D eigenvalue weighted by Gasteiger charge is -2.13. The summed E-state index contributed by atoms with van der Waals surface area (Å²) in [7, 11) is -3.12. The van der Waals surface area contributed by atoms with E-state index in [1.807, 2.05) is 19.1 Å². The molecule has 0 aliphatic carbocycles. The molecular formula is C14H21NO4S. The van der Waals surface area contributed by atoms with Crippen LogP contribution >= 0.6 is 0 Å². The lowest BCUT2D eigenvalue weighted by atomic mass is 10.1. The summed E-state index contributed by atoms with van der Waals surface area (Å²) >= 11 is 0. The lowest BCUT2D eigenvalue weighted by molar-refractivity contribution is 0.317. The van der Waals surface area contributed by atoms with E-state index in [4.69, 9.17) is 9.94 Å². The molecular weight excluding hydrogens is 278 g/mol. The molecule has 0 unspecified atom stereocenters. The van der Waals surface area contributed by atoms with E-state index >= 15 is 0 Å². The second-order valence-corrected chi connectivity index (χ2v) is 7.63. The van der Waals surface area contributed by atoms with E-state index in [2.05, 4.69) is 5.16 Å². The number of rotatable bonds is 6. The Hall–Kier alpha value is -1.56. The second-order valence-electron chi connectivity index (χ2n) is 4.95. The van der Waals surface area contributed by atoms with E-state index in [-0.39, 0.29) is 12.4 Å². The molecule has 0 saturated carbocycles. The van der Waals surface area contributed by atoms with Crippen LogP contribution in [0.1, 0.15) is 31.9 Å². The Kier molecular flexibility index (Phi) is 5.56. The van der Waals surface area contributed by atoms with Crippen LogP contribution in [-0.2, 0) is 9.84 Å². The zero-order valence-electron chi connectivity index (χ0n) is 12.3. The Labute approximate surface area is 120 Å². The molecule has 0 heterocycles. The van der Waals surface area contributed by atoms with Gasteiger partial charge >= 0.3 is 0 Å². The molecule has 0 aliphatic heterocycles. The first-order valence-electron chi connectivity index (χ1n) is 6.42. The van der Waals surface area contributed by atoms with Gasteiger partial charge in [-0.15, -0.1) is 0 Å². The molecule has 0 bridgehead atoms. The number of hydrogen-bond acceptors (Lipinski definition) is 5. The predicted octanol–water partition coefficient (Wildman–Crippen LogP) is 2.40. The Bertz CT molecular complexity index is 591. The fraction of sp³-hybridized carbons (Fsp3) is 0.500. The van der Waals surface area contributed by atoms with Crippen LogP contribution in [0.15, 0.2) is 23.4 Å². The van der Waals surface area contributed by atoms with Gasteiger partial charge in [0.1, 0.15) is 12.4 Å². The van der Waals surface area contributed by atoms with E-state index < -0.39 is 15.1 Å². The maximum absolute atomic E-state index is 11.7. The molecule has 0 aliphatic rings. The molecule has 1 aromatic rings. The molecule has 0 aromatic heterocycles. The van der Waals surface area contributed by atoms with Gasteiger partial charge in [0.25, 0.3) is 0 Å². The second kappa shape index (κ2) is 6.74. The summed E-state index contributed by atoms with van der Waals surface area (Å²) in [6, 6.07) is 5.45. The van der Waals surface area contributed by atoms with Gasteiger partial charge in [0.05, 0.1) is 16.7 Å². The number of nitrogens with zero attached hydrogens (tertiary/aromatic N) is 1. The van der Waals surface area contributed by atoms with Crippen LogP contribution in [-0.4, -0.2) is 36.9 Å². The van der Waals surface area contributed by atoms with Crippen molar-refractivity contribution in [1.29, 1.82) is 0 Å². The predicted molar refractivity (Wildman–Crippen MR) is 79.6 cm³/mol. The number of hydrogen-bond donors (Lipinski definition) is 1. The van der Waals surface area contributed by atoms with Crippen molar-refractivity contribution >= 4 is 15.5 Å². The molecule has 1 N–H and O–H groups in total. The van der Waals surface area contributed by atoms with E-state index in [1.54, 1.807) is 26.8 Å². The first-order chi connectivity index (χ1) is 9.27. The lowest BCUT2D eigenvalue weighted by Crippen LogP contribution is -2.22. The number of aryl methyl sites for hydroxylation is 1. The largest absolute Gasteiger partial charge is 0.492 e. The van der Waals surface area contributed by atoms with Gasteiger partial charge in [-0.3, -0.25) is 0 Å². The molecule has 0 atom stereocenters. The van der Waals surface area contributed by atoms with Crippen molar-refractivity contribution in [2.24, 2.45) is 5.16 Å². The third-order valence-electron chi connectivity index (χ3n) is 3.02. The monoisotopic (exact) mass is 299 g/mol. The highest BCUT2D eigenvalue weighted by atomic mass is 32.2. The minimum absolute atomic E-state index is 0.0344. The summed E-state index contributed by atoms with van der Waals surface area (Å²) in [5.74, 6) is 0.484. The SMILES string of the molecule is C/C(=N\O)c1cc(C)ccc1OCCS(=O)(=O)C(C)C. The van der Waals surface area contributed by atoms with Crippen molar-refractivity contribution in [3.05, 3.63) is 29.3 Å². The number of benzene rings is 1. The summed E-state index contributed by atoms with van der Waals surface area (Å²) in [6.45, 7) is 6.95. The highest BCUT2D eigenvalue weighted by molar-refractivity contribution is 7.91. The van der Waals surface area contributed by atoms with Gasteiger partial charge in [-0.25, -0.2) is 8.42 Å². The van der Waals surface area contributed by atoms with Gasteiger partial charge in [0.15, 0.2) is 9.84 Å². The summed E-state index contributed by atoms with van der Waals surface area (Å²) in [4.78, 5) is 0. The maximum atomic E-state index is 11.7. The Morgan fingerprint density at radius 1 is 1.40 bits per heavy atom. The maximum Gasteiger partial charge on any atom is 0.155 e. The average molecular weight is 299 g/mol. The van der Waals surface area contributed by atoms with Crippen molar-refractivity contribution in [2.45, 2.75) is 32.9 Å². The molecule has 1 rings (SSSR count). The highest BCUT2D eigenvalue weighted by Crippen LogP contribution is 2.21. The van der Waals surface area contributed by atoms with Crippen LogP contribution in [0, 0.1) is 6.92 Å². The molecule has 0 radical (unpaired) electrons. The summed E-state index contributed by atoms with van der Waals surface area (Å²) < 4.78 is 28.9. The van der Waals surface area contributed by atoms with Gasteiger partial charge < -0.3 is 9.94 Å². The number of sulfone groups is 1. The minimum atomic E-state index is -3.12. The molecule has 112 valence electrons. The zero-order chi connectivity index (χ0) is 15.3. The van der Waals surface area contributed by atoms with Crippen LogP contribution in [0.2, 0.25) is 0 Å². The molecule has 1 aromatic carbocycles. The van der Waals surface area contributed by atoms with Crippen LogP contribution in [0.5, 0.6) is 5.75 Å². The van der Waals surface area contributed by atoms with Gasteiger partial charge in [0, 0.05) is 5.56 Å². The normalized spacial score (nSPS) is 12.8. The Morgan fingerprint density at radius 3 is 2.60 bits per heavy atom. The quantitative estimate of drug-likeness (QED) is 0.497. The molecule has 6 heteroatoms. The Morgan fingerprint density at radius 2 is 2.05 bits per heavy atom. The molecule has 5 nitrogen and oxygen atoms in total. The smallest absolute Gasteiger partial charge is 0.155 e. The average Bonchev–Trinajstić information content (AvgIpc) is 2.39. The van der Waals surface area contributed by atoms with Gasteiger partial charge in [-0.05, 0) is 39.8 Å². The number of oxime groups is 1. The van der Waals surface area contributed by atoms with E-state index in [0.717, 1.165) is 5.56 Å². The Balaban J connectivity index is 2.84. The van der Waals surface area contributed by atoms with Crippen molar-refractivity contribution in [1.82, 2.24) is 0 Å². The first-order valence-corrected chi connectivity index (χ1v) is 8.13. The van der Waals surface area contributed by atoms with Crippen molar-refractivity contribution in [3.63, 3.8) is 0 Å². The molecule has 0 spiro atoms. The highest BCUT2D eigenvalue weighted by Gasteiger charge is 2.16.